The van der Waals surface area contributed by atoms with Crippen molar-refractivity contribution in [3.8, 4) is 11.6 Å². The van der Waals surface area contributed by atoms with Gasteiger partial charge in [-0.3, -0.25) is 4.68 Å². The maximum atomic E-state index is 6.03. The van der Waals surface area contributed by atoms with Crippen LogP contribution in [0.2, 0.25) is 0 Å². The molecular weight excluding hydrogens is 246 g/mol. The molecule has 8 nitrogen and oxygen atoms in total. The van der Waals surface area contributed by atoms with Crippen LogP contribution in [-0.4, -0.2) is 29.9 Å². The van der Waals surface area contributed by atoms with Gasteiger partial charge in [0.25, 0.3) is 0 Å². The van der Waals surface area contributed by atoms with Crippen molar-refractivity contribution in [1.29, 1.82) is 0 Å². The number of aryl methyl sites for hydroxylation is 1. The Kier molecular flexibility index (Phi) is 2.76. The summed E-state index contributed by atoms with van der Waals surface area (Å²) in [7, 11) is 1.81. The van der Waals surface area contributed by atoms with E-state index in [2.05, 4.69) is 25.2 Å². The highest BCUT2D eigenvalue weighted by Crippen LogP contribution is 2.19. The quantitative estimate of drug-likeness (QED) is 0.719. The molecule has 19 heavy (non-hydrogen) atoms. The summed E-state index contributed by atoms with van der Waals surface area (Å²) in [4.78, 5) is 12.3. The standard InChI is InChI=1S/C11H11N7O/c1-18-6-7(5-15-18)8(12)11-16-10(17-19-11)9-13-3-2-4-14-9/h2-6,8H,12H2,1H3. The van der Waals surface area contributed by atoms with E-state index in [1.165, 1.54) is 0 Å². The maximum Gasteiger partial charge on any atom is 0.248 e. The van der Waals surface area contributed by atoms with Crippen LogP contribution in [0.25, 0.3) is 11.6 Å². The Morgan fingerprint density at radius 3 is 2.74 bits per heavy atom. The van der Waals surface area contributed by atoms with Crippen molar-refractivity contribution in [2.75, 3.05) is 0 Å². The van der Waals surface area contributed by atoms with Gasteiger partial charge in [0.05, 0.1) is 6.20 Å². The van der Waals surface area contributed by atoms with Crippen molar-refractivity contribution in [2.45, 2.75) is 6.04 Å². The van der Waals surface area contributed by atoms with E-state index in [1.807, 2.05) is 7.05 Å². The summed E-state index contributed by atoms with van der Waals surface area (Å²) in [5.41, 5.74) is 6.83. The van der Waals surface area contributed by atoms with Crippen molar-refractivity contribution in [3.63, 3.8) is 0 Å². The molecule has 1 atom stereocenters. The molecule has 3 aromatic rings. The summed E-state index contributed by atoms with van der Waals surface area (Å²) >= 11 is 0. The second-order valence-electron chi connectivity index (χ2n) is 3.95. The Hall–Kier alpha value is -2.61. The molecule has 3 rings (SSSR count). The molecule has 0 amide bonds. The fourth-order valence-corrected chi connectivity index (χ4v) is 1.61. The molecule has 0 aliphatic carbocycles. The Morgan fingerprint density at radius 2 is 2.05 bits per heavy atom. The highest BCUT2D eigenvalue weighted by Gasteiger charge is 2.19. The first-order valence-corrected chi connectivity index (χ1v) is 5.59. The van der Waals surface area contributed by atoms with E-state index < -0.39 is 6.04 Å². The molecule has 3 aromatic heterocycles. The lowest BCUT2D eigenvalue weighted by molar-refractivity contribution is 0.367. The minimum Gasteiger partial charge on any atom is -0.337 e. The second kappa shape index (κ2) is 4.58. The van der Waals surface area contributed by atoms with Crippen molar-refractivity contribution in [3.05, 3.63) is 42.3 Å². The molecule has 0 bridgehead atoms. The van der Waals surface area contributed by atoms with Gasteiger partial charge in [0.2, 0.25) is 17.5 Å². The fourth-order valence-electron chi connectivity index (χ4n) is 1.61. The number of nitrogens with two attached hydrogens (primary N) is 1. The SMILES string of the molecule is Cn1cc(C(N)c2nc(-c3ncccn3)no2)cn1. The third-order valence-electron chi connectivity index (χ3n) is 2.56. The van der Waals surface area contributed by atoms with E-state index in [1.54, 1.807) is 35.5 Å². The Balaban J connectivity index is 1.89. The Bertz CT molecular complexity index is 675. The molecule has 0 fully saturated rings. The molecule has 2 N–H and O–H groups in total. The first kappa shape index (κ1) is 11.5. The molecule has 1 unspecified atom stereocenters. The van der Waals surface area contributed by atoms with Crippen LogP contribution >= 0.6 is 0 Å². The van der Waals surface area contributed by atoms with E-state index in [9.17, 15) is 0 Å². The van der Waals surface area contributed by atoms with Crippen molar-refractivity contribution in [1.82, 2.24) is 29.9 Å². The van der Waals surface area contributed by atoms with Gasteiger partial charge in [0.15, 0.2) is 0 Å². The molecule has 0 aromatic carbocycles. The highest BCUT2D eigenvalue weighted by molar-refractivity contribution is 5.40. The largest absolute Gasteiger partial charge is 0.337 e. The molecule has 0 aliphatic rings. The van der Waals surface area contributed by atoms with Gasteiger partial charge in [0.1, 0.15) is 6.04 Å². The third kappa shape index (κ3) is 2.20. The highest BCUT2D eigenvalue weighted by atomic mass is 16.5. The zero-order valence-electron chi connectivity index (χ0n) is 10.1. The van der Waals surface area contributed by atoms with Crippen molar-refractivity contribution >= 4 is 0 Å². The third-order valence-corrected chi connectivity index (χ3v) is 2.56. The van der Waals surface area contributed by atoms with Crippen LogP contribution in [0.3, 0.4) is 0 Å². The van der Waals surface area contributed by atoms with Crippen LogP contribution in [0, 0.1) is 0 Å². The summed E-state index contributed by atoms with van der Waals surface area (Å²) in [5.74, 6) is 1.02. The van der Waals surface area contributed by atoms with Gasteiger partial charge in [-0.25, -0.2) is 9.97 Å². The number of hydrogen-bond donors (Lipinski definition) is 1. The van der Waals surface area contributed by atoms with Gasteiger partial charge in [0, 0.05) is 31.2 Å². The first-order chi connectivity index (χ1) is 9.24. The first-order valence-electron chi connectivity index (χ1n) is 5.59. The number of rotatable bonds is 3. The molecule has 0 saturated carbocycles. The van der Waals surface area contributed by atoms with Crippen molar-refractivity contribution in [2.24, 2.45) is 12.8 Å². The van der Waals surface area contributed by atoms with E-state index in [0.717, 1.165) is 5.56 Å². The number of hydrogen-bond acceptors (Lipinski definition) is 7. The zero-order valence-corrected chi connectivity index (χ0v) is 10.1. The monoisotopic (exact) mass is 257 g/mol. The van der Waals surface area contributed by atoms with Crippen LogP contribution in [-0.2, 0) is 7.05 Å². The average Bonchev–Trinajstić information content (AvgIpc) is 3.08. The average molecular weight is 257 g/mol. The van der Waals surface area contributed by atoms with Gasteiger partial charge in [-0.15, -0.1) is 0 Å². The van der Waals surface area contributed by atoms with Crippen LogP contribution in [0.4, 0.5) is 0 Å². The summed E-state index contributed by atoms with van der Waals surface area (Å²) < 4.78 is 6.80. The Morgan fingerprint density at radius 1 is 1.26 bits per heavy atom. The number of nitrogens with zero attached hydrogens (tertiary/aromatic N) is 6. The molecular formula is C11H11N7O. The van der Waals surface area contributed by atoms with Gasteiger partial charge in [-0.1, -0.05) is 5.16 Å². The van der Waals surface area contributed by atoms with Crippen LogP contribution in [0.15, 0.2) is 35.4 Å². The fraction of sp³-hybridized carbons (Fsp3) is 0.182. The van der Waals surface area contributed by atoms with Crippen molar-refractivity contribution < 1.29 is 4.52 Å². The van der Waals surface area contributed by atoms with E-state index in [4.69, 9.17) is 10.3 Å². The predicted molar refractivity (Wildman–Crippen MR) is 64.6 cm³/mol. The topological polar surface area (TPSA) is 109 Å². The summed E-state index contributed by atoms with van der Waals surface area (Å²) in [6, 6.07) is 1.20. The lowest BCUT2D eigenvalue weighted by Crippen LogP contribution is -2.11. The second-order valence-corrected chi connectivity index (χ2v) is 3.95. The van der Waals surface area contributed by atoms with Gasteiger partial charge < -0.3 is 10.3 Å². The molecule has 8 heteroatoms. The van der Waals surface area contributed by atoms with Gasteiger partial charge in [-0.2, -0.15) is 10.1 Å². The smallest absolute Gasteiger partial charge is 0.248 e. The lowest BCUT2D eigenvalue weighted by atomic mass is 10.2. The zero-order chi connectivity index (χ0) is 13.2. The normalized spacial score (nSPS) is 12.5. The molecule has 0 saturated heterocycles. The predicted octanol–water partition coefficient (Wildman–Crippen LogP) is 0.308. The van der Waals surface area contributed by atoms with E-state index in [-0.39, 0.29) is 0 Å². The van der Waals surface area contributed by atoms with E-state index >= 15 is 0 Å². The molecule has 96 valence electrons. The minimum atomic E-state index is -0.515. The van der Waals surface area contributed by atoms with Crippen LogP contribution in [0.1, 0.15) is 17.5 Å². The molecule has 0 spiro atoms. The molecule has 0 aliphatic heterocycles. The summed E-state index contributed by atoms with van der Waals surface area (Å²) in [5, 5.41) is 7.87. The maximum absolute atomic E-state index is 6.03. The number of aromatic nitrogens is 6. The molecule has 3 heterocycles. The summed E-state index contributed by atoms with van der Waals surface area (Å²) in [6.07, 6.45) is 6.68. The van der Waals surface area contributed by atoms with Crippen LogP contribution < -0.4 is 5.73 Å². The molecule has 0 radical (unpaired) electrons. The van der Waals surface area contributed by atoms with Gasteiger partial charge in [-0.05, 0) is 6.07 Å². The van der Waals surface area contributed by atoms with Crippen LogP contribution in [0.5, 0.6) is 0 Å². The summed E-state index contributed by atoms with van der Waals surface area (Å²) in [6.45, 7) is 0. The lowest BCUT2D eigenvalue weighted by Gasteiger charge is -2.01. The van der Waals surface area contributed by atoms with E-state index in [0.29, 0.717) is 17.5 Å². The Labute approximate surface area is 108 Å². The van der Waals surface area contributed by atoms with Gasteiger partial charge >= 0.3 is 0 Å². The minimum absolute atomic E-state index is 0.301.